The Morgan fingerprint density at radius 2 is 1.96 bits per heavy atom. The van der Waals surface area contributed by atoms with Gasteiger partial charge in [-0.05, 0) is 50.5 Å². The van der Waals surface area contributed by atoms with Gasteiger partial charge in [-0.3, -0.25) is 20.6 Å². The van der Waals surface area contributed by atoms with Crippen molar-refractivity contribution < 1.29 is 9.21 Å². The first-order valence-electron chi connectivity index (χ1n) is 8.84. The molecular weight excluding hydrogens is 316 g/mol. The van der Waals surface area contributed by atoms with Gasteiger partial charge in [-0.25, -0.2) is 0 Å². The number of hydrogen-bond donors (Lipinski definition) is 2. The molecule has 3 rings (SSSR count). The van der Waals surface area contributed by atoms with Crippen molar-refractivity contribution in [1.82, 2.24) is 20.7 Å². The Morgan fingerprint density at radius 1 is 1.16 bits per heavy atom. The summed E-state index contributed by atoms with van der Waals surface area (Å²) in [7, 11) is 0. The Kier molecular flexibility index (Phi) is 5.83. The van der Waals surface area contributed by atoms with Gasteiger partial charge in [-0.2, -0.15) is 0 Å². The maximum atomic E-state index is 12.9. The second-order valence-electron chi connectivity index (χ2n) is 6.72. The third-order valence-electron chi connectivity index (χ3n) is 4.87. The van der Waals surface area contributed by atoms with Gasteiger partial charge in [0.25, 0.3) is 0 Å². The number of pyridine rings is 1. The third kappa shape index (κ3) is 4.67. The Bertz CT molecular complexity index is 649. The van der Waals surface area contributed by atoms with Gasteiger partial charge in [-0.1, -0.05) is 6.07 Å². The van der Waals surface area contributed by atoms with Gasteiger partial charge in [0, 0.05) is 24.7 Å². The second kappa shape index (κ2) is 8.27. The first-order chi connectivity index (χ1) is 12.1. The molecule has 2 N–H and O–H groups in total. The third-order valence-corrected chi connectivity index (χ3v) is 4.87. The minimum atomic E-state index is 0.133. The van der Waals surface area contributed by atoms with E-state index in [1.165, 1.54) is 0 Å². The Hall–Kier alpha value is -2.18. The molecule has 0 aliphatic carbocycles. The molecule has 0 bridgehead atoms. The summed E-state index contributed by atoms with van der Waals surface area (Å²) in [6.07, 6.45) is 4.77. The predicted molar refractivity (Wildman–Crippen MR) is 95.1 cm³/mol. The zero-order valence-corrected chi connectivity index (χ0v) is 14.8. The highest BCUT2D eigenvalue weighted by atomic mass is 16.3. The average Bonchev–Trinajstić information content (AvgIpc) is 3.24. The van der Waals surface area contributed by atoms with Crippen LogP contribution in [0.25, 0.3) is 0 Å². The van der Waals surface area contributed by atoms with E-state index in [1.807, 2.05) is 35.2 Å². The molecule has 1 fully saturated rings. The highest BCUT2D eigenvalue weighted by Crippen LogP contribution is 2.21. The van der Waals surface area contributed by atoms with Crippen molar-refractivity contribution in [3.05, 3.63) is 54.2 Å². The van der Waals surface area contributed by atoms with Crippen LogP contribution in [0.1, 0.15) is 38.1 Å². The van der Waals surface area contributed by atoms with Crippen LogP contribution in [0.2, 0.25) is 0 Å². The Labute approximate surface area is 148 Å². The topological polar surface area (TPSA) is 70.4 Å². The number of nitrogens with one attached hydrogen (secondary N) is 2. The van der Waals surface area contributed by atoms with Crippen molar-refractivity contribution in [3.8, 4) is 0 Å². The summed E-state index contributed by atoms with van der Waals surface area (Å²) in [5.41, 5.74) is 7.38. The van der Waals surface area contributed by atoms with Crippen molar-refractivity contribution in [3.63, 3.8) is 0 Å². The van der Waals surface area contributed by atoms with Crippen molar-refractivity contribution in [1.29, 1.82) is 0 Å². The fraction of sp³-hybridized carbons (Fsp3) is 0.474. The number of carbonyl (C=O) groups is 1. The SMILES string of the molecule is CC1NNC(C)C1CCC(=O)N(Cc1ccccn1)Cc1ccco1. The van der Waals surface area contributed by atoms with E-state index in [9.17, 15) is 4.79 Å². The Morgan fingerprint density at radius 3 is 2.60 bits per heavy atom. The molecule has 0 spiro atoms. The van der Waals surface area contributed by atoms with Crippen LogP contribution in [-0.2, 0) is 17.9 Å². The number of aromatic nitrogens is 1. The van der Waals surface area contributed by atoms with E-state index in [4.69, 9.17) is 4.42 Å². The molecule has 25 heavy (non-hydrogen) atoms. The summed E-state index contributed by atoms with van der Waals surface area (Å²) in [6.45, 7) is 5.27. The van der Waals surface area contributed by atoms with Crippen molar-refractivity contribution >= 4 is 5.91 Å². The molecule has 2 unspecified atom stereocenters. The van der Waals surface area contributed by atoms with Crippen LogP contribution in [0.3, 0.4) is 0 Å². The molecule has 6 heteroatoms. The lowest BCUT2D eigenvalue weighted by Crippen LogP contribution is -2.32. The van der Waals surface area contributed by atoms with E-state index in [0.717, 1.165) is 17.9 Å². The number of hydrogen-bond acceptors (Lipinski definition) is 5. The maximum absolute atomic E-state index is 12.9. The molecule has 2 aromatic heterocycles. The summed E-state index contributed by atoms with van der Waals surface area (Å²) in [4.78, 5) is 19.0. The molecule has 2 aromatic rings. The highest BCUT2D eigenvalue weighted by molar-refractivity contribution is 5.76. The smallest absolute Gasteiger partial charge is 0.223 e. The van der Waals surface area contributed by atoms with Gasteiger partial charge in [0.05, 0.1) is 25.0 Å². The van der Waals surface area contributed by atoms with Crippen LogP contribution in [0, 0.1) is 5.92 Å². The fourth-order valence-electron chi connectivity index (χ4n) is 3.37. The molecule has 1 aliphatic rings. The second-order valence-corrected chi connectivity index (χ2v) is 6.72. The van der Waals surface area contributed by atoms with Crippen molar-refractivity contribution in [2.45, 2.75) is 51.9 Å². The van der Waals surface area contributed by atoms with E-state index < -0.39 is 0 Å². The molecule has 0 aromatic carbocycles. The zero-order chi connectivity index (χ0) is 17.6. The molecule has 0 radical (unpaired) electrons. The Balaban J connectivity index is 1.64. The molecule has 1 amide bonds. The lowest BCUT2D eigenvalue weighted by Gasteiger charge is -2.23. The zero-order valence-electron chi connectivity index (χ0n) is 14.8. The monoisotopic (exact) mass is 342 g/mol. The quantitative estimate of drug-likeness (QED) is 0.809. The van der Waals surface area contributed by atoms with E-state index in [0.29, 0.717) is 37.5 Å². The number of amides is 1. The van der Waals surface area contributed by atoms with Gasteiger partial charge in [0.15, 0.2) is 0 Å². The van der Waals surface area contributed by atoms with Crippen LogP contribution in [0.15, 0.2) is 47.2 Å². The summed E-state index contributed by atoms with van der Waals surface area (Å²) >= 11 is 0. The summed E-state index contributed by atoms with van der Waals surface area (Å²) in [6, 6.07) is 10.2. The normalized spacial score (nSPS) is 22.9. The molecule has 134 valence electrons. The van der Waals surface area contributed by atoms with E-state index in [-0.39, 0.29) is 5.91 Å². The molecule has 6 nitrogen and oxygen atoms in total. The van der Waals surface area contributed by atoms with Crippen molar-refractivity contribution in [2.75, 3.05) is 0 Å². The van der Waals surface area contributed by atoms with Gasteiger partial charge in [-0.15, -0.1) is 0 Å². The summed E-state index contributed by atoms with van der Waals surface area (Å²) in [5, 5.41) is 0. The van der Waals surface area contributed by atoms with Gasteiger partial charge in [0.1, 0.15) is 5.76 Å². The first kappa shape index (κ1) is 17.6. The van der Waals surface area contributed by atoms with Crippen LogP contribution in [0.4, 0.5) is 0 Å². The number of furan rings is 1. The highest BCUT2D eigenvalue weighted by Gasteiger charge is 2.30. The standard InChI is InChI=1S/C19H26N4O2/c1-14-18(15(2)22-21-14)8-9-19(24)23(13-17-7-5-11-25-17)12-16-6-3-4-10-20-16/h3-7,10-11,14-15,18,21-22H,8-9,12-13H2,1-2H3. The van der Waals surface area contributed by atoms with E-state index in [2.05, 4.69) is 29.7 Å². The van der Waals surface area contributed by atoms with Gasteiger partial charge in [0.2, 0.25) is 5.91 Å². The maximum Gasteiger partial charge on any atom is 0.223 e. The minimum absolute atomic E-state index is 0.133. The predicted octanol–water partition coefficient (Wildman–Crippen LogP) is 2.48. The molecule has 3 heterocycles. The lowest BCUT2D eigenvalue weighted by molar-refractivity contribution is -0.133. The molecule has 0 saturated carbocycles. The number of nitrogens with zero attached hydrogens (tertiary/aromatic N) is 2. The molecular formula is C19H26N4O2. The van der Waals surface area contributed by atoms with E-state index >= 15 is 0 Å². The molecule has 1 saturated heterocycles. The van der Waals surface area contributed by atoms with E-state index in [1.54, 1.807) is 12.5 Å². The minimum Gasteiger partial charge on any atom is -0.467 e. The summed E-state index contributed by atoms with van der Waals surface area (Å²) in [5.74, 6) is 1.37. The molecule has 2 atom stereocenters. The fourth-order valence-corrected chi connectivity index (χ4v) is 3.37. The average molecular weight is 342 g/mol. The largest absolute Gasteiger partial charge is 0.467 e. The van der Waals surface area contributed by atoms with Crippen molar-refractivity contribution in [2.24, 2.45) is 5.92 Å². The van der Waals surface area contributed by atoms with Crippen LogP contribution in [0.5, 0.6) is 0 Å². The molecule has 1 aliphatic heterocycles. The van der Waals surface area contributed by atoms with Crippen LogP contribution >= 0.6 is 0 Å². The van der Waals surface area contributed by atoms with Crippen LogP contribution in [-0.4, -0.2) is 27.9 Å². The lowest BCUT2D eigenvalue weighted by atomic mass is 9.91. The van der Waals surface area contributed by atoms with Gasteiger partial charge < -0.3 is 9.32 Å². The van der Waals surface area contributed by atoms with Gasteiger partial charge >= 0.3 is 0 Å². The number of rotatable bonds is 7. The van der Waals surface area contributed by atoms with Crippen LogP contribution < -0.4 is 10.9 Å². The first-order valence-corrected chi connectivity index (χ1v) is 8.84. The summed E-state index contributed by atoms with van der Waals surface area (Å²) < 4.78 is 5.43. The number of hydrazine groups is 1. The number of carbonyl (C=O) groups excluding carboxylic acids is 1.